The summed E-state index contributed by atoms with van der Waals surface area (Å²) in [6.07, 6.45) is 3.97. The van der Waals surface area contributed by atoms with Gasteiger partial charge in [0.2, 0.25) is 0 Å². The predicted molar refractivity (Wildman–Crippen MR) is 86.3 cm³/mol. The molecule has 0 bridgehead atoms. The van der Waals surface area contributed by atoms with Crippen molar-refractivity contribution in [3.63, 3.8) is 0 Å². The van der Waals surface area contributed by atoms with E-state index in [0.29, 0.717) is 17.5 Å². The van der Waals surface area contributed by atoms with Gasteiger partial charge in [-0.05, 0) is 55.2 Å². The van der Waals surface area contributed by atoms with Gasteiger partial charge in [-0.1, -0.05) is 48.8 Å². The van der Waals surface area contributed by atoms with E-state index >= 15 is 0 Å². The van der Waals surface area contributed by atoms with E-state index in [4.69, 9.17) is 0 Å². The van der Waals surface area contributed by atoms with E-state index in [1.807, 2.05) is 0 Å². The standard InChI is InChI=1S/C17H26BrN/c1-12-11-17(3,4)10-9-16(12)19-13(2)14-5-7-15(18)8-6-14/h5-8,12-13,16,19H,9-11H2,1-4H3/t12?,13-,16?/m1/s1. The zero-order valence-electron chi connectivity index (χ0n) is 12.5. The molecule has 19 heavy (non-hydrogen) atoms. The molecule has 0 aliphatic heterocycles. The van der Waals surface area contributed by atoms with Crippen molar-refractivity contribution in [1.82, 2.24) is 5.32 Å². The Morgan fingerprint density at radius 3 is 2.47 bits per heavy atom. The summed E-state index contributed by atoms with van der Waals surface area (Å²) in [5.74, 6) is 0.765. The van der Waals surface area contributed by atoms with Crippen LogP contribution in [0.15, 0.2) is 28.7 Å². The van der Waals surface area contributed by atoms with E-state index in [-0.39, 0.29) is 0 Å². The fourth-order valence-electron chi connectivity index (χ4n) is 3.36. The Morgan fingerprint density at radius 1 is 1.26 bits per heavy atom. The number of rotatable bonds is 3. The average molecular weight is 324 g/mol. The maximum Gasteiger partial charge on any atom is 0.0294 e. The molecule has 2 heteroatoms. The molecule has 0 saturated heterocycles. The van der Waals surface area contributed by atoms with Crippen molar-refractivity contribution in [2.45, 2.75) is 59.0 Å². The third-order valence-corrected chi connectivity index (χ3v) is 5.06. The molecule has 3 atom stereocenters. The van der Waals surface area contributed by atoms with E-state index in [2.05, 4.69) is 73.2 Å². The average Bonchev–Trinajstić information content (AvgIpc) is 2.33. The molecule has 0 amide bonds. The molecule has 1 saturated carbocycles. The number of hydrogen-bond acceptors (Lipinski definition) is 1. The van der Waals surface area contributed by atoms with Crippen molar-refractivity contribution in [3.05, 3.63) is 34.3 Å². The van der Waals surface area contributed by atoms with Crippen molar-refractivity contribution in [1.29, 1.82) is 0 Å². The zero-order valence-corrected chi connectivity index (χ0v) is 14.1. The molecule has 1 aromatic rings. The monoisotopic (exact) mass is 323 g/mol. The van der Waals surface area contributed by atoms with Gasteiger partial charge in [0.15, 0.2) is 0 Å². The summed E-state index contributed by atoms with van der Waals surface area (Å²) in [5, 5.41) is 3.83. The molecular formula is C17H26BrN. The van der Waals surface area contributed by atoms with Crippen LogP contribution in [0.2, 0.25) is 0 Å². The van der Waals surface area contributed by atoms with Gasteiger partial charge in [-0.3, -0.25) is 0 Å². The van der Waals surface area contributed by atoms with Crippen LogP contribution in [0.3, 0.4) is 0 Å². The van der Waals surface area contributed by atoms with Crippen molar-refractivity contribution in [3.8, 4) is 0 Å². The minimum absolute atomic E-state index is 0.432. The highest BCUT2D eigenvalue weighted by atomic mass is 79.9. The Balaban J connectivity index is 1.96. The van der Waals surface area contributed by atoms with Gasteiger partial charge in [-0.2, -0.15) is 0 Å². The molecule has 106 valence electrons. The van der Waals surface area contributed by atoms with E-state index in [1.165, 1.54) is 24.8 Å². The second-order valence-electron chi connectivity index (χ2n) is 6.93. The lowest BCUT2D eigenvalue weighted by Gasteiger charge is -2.40. The van der Waals surface area contributed by atoms with Gasteiger partial charge < -0.3 is 5.32 Å². The van der Waals surface area contributed by atoms with Gasteiger partial charge in [0, 0.05) is 16.6 Å². The molecule has 1 aliphatic rings. The van der Waals surface area contributed by atoms with Crippen molar-refractivity contribution >= 4 is 15.9 Å². The van der Waals surface area contributed by atoms with Crippen LogP contribution in [-0.4, -0.2) is 6.04 Å². The van der Waals surface area contributed by atoms with Crippen LogP contribution in [0.25, 0.3) is 0 Å². The molecule has 1 aromatic carbocycles. The molecule has 0 radical (unpaired) electrons. The minimum Gasteiger partial charge on any atom is -0.307 e. The highest BCUT2D eigenvalue weighted by molar-refractivity contribution is 9.10. The number of hydrogen-bond donors (Lipinski definition) is 1. The zero-order chi connectivity index (χ0) is 14.0. The van der Waals surface area contributed by atoms with E-state index in [1.54, 1.807) is 0 Å². The third-order valence-electron chi connectivity index (χ3n) is 4.53. The predicted octanol–water partition coefficient (Wildman–Crippen LogP) is 5.31. The summed E-state index contributed by atoms with van der Waals surface area (Å²) in [7, 11) is 0. The summed E-state index contributed by atoms with van der Waals surface area (Å²) in [6.45, 7) is 9.47. The van der Waals surface area contributed by atoms with Crippen LogP contribution in [-0.2, 0) is 0 Å². The first-order valence-electron chi connectivity index (χ1n) is 7.39. The van der Waals surface area contributed by atoms with Crippen LogP contribution in [0.1, 0.15) is 58.6 Å². The fourth-order valence-corrected chi connectivity index (χ4v) is 3.63. The molecule has 0 aromatic heterocycles. The van der Waals surface area contributed by atoms with E-state index in [0.717, 1.165) is 10.4 Å². The van der Waals surface area contributed by atoms with Crippen molar-refractivity contribution in [2.75, 3.05) is 0 Å². The second kappa shape index (κ2) is 5.97. The second-order valence-corrected chi connectivity index (χ2v) is 7.85. The molecular weight excluding hydrogens is 298 g/mol. The smallest absolute Gasteiger partial charge is 0.0294 e. The summed E-state index contributed by atoms with van der Waals surface area (Å²) in [5.41, 5.74) is 1.90. The Morgan fingerprint density at radius 2 is 1.89 bits per heavy atom. The highest BCUT2D eigenvalue weighted by Gasteiger charge is 2.32. The first-order valence-corrected chi connectivity index (χ1v) is 8.18. The van der Waals surface area contributed by atoms with Crippen molar-refractivity contribution < 1.29 is 0 Å². The lowest BCUT2D eigenvalue weighted by atomic mass is 9.70. The lowest BCUT2D eigenvalue weighted by molar-refractivity contribution is 0.143. The van der Waals surface area contributed by atoms with Crippen molar-refractivity contribution in [2.24, 2.45) is 11.3 Å². The Bertz CT molecular complexity index is 410. The molecule has 1 fully saturated rings. The van der Waals surface area contributed by atoms with Crippen LogP contribution < -0.4 is 5.32 Å². The first kappa shape index (κ1) is 15.1. The van der Waals surface area contributed by atoms with E-state index < -0.39 is 0 Å². The molecule has 2 unspecified atom stereocenters. The maximum absolute atomic E-state index is 3.83. The fraction of sp³-hybridized carbons (Fsp3) is 0.647. The van der Waals surface area contributed by atoms with Gasteiger partial charge in [0.1, 0.15) is 0 Å². The highest BCUT2D eigenvalue weighted by Crippen LogP contribution is 2.39. The van der Waals surface area contributed by atoms with Gasteiger partial charge in [0.25, 0.3) is 0 Å². The number of benzene rings is 1. The summed E-state index contributed by atoms with van der Waals surface area (Å²) >= 11 is 3.49. The Labute approximate surface area is 126 Å². The summed E-state index contributed by atoms with van der Waals surface area (Å²) in [6, 6.07) is 9.76. The molecule has 1 aliphatic carbocycles. The Hall–Kier alpha value is -0.340. The molecule has 1 nitrogen and oxygen atoms in total. The Kier molecular flexibility index (Phi) is 4.73. The third kappa shape index (κ3) is 4.06. The maximum atomic E-state index is 3.83. The quantitative estimate of drug-likeness (QED) is 0.794. The van der Waals surface area contributed by atoms with Gasteiger partial charge >= 0.3 is 0 Å². The molecule has 0 heterocycles. The normalized spacial score (nSPS) is 28.1. The number of halogens is 1. The molecule has 2 rings (SSSR count). The van der Waals surface area contributed by atoms with E-state index in [9.17, 15) is 0 Å². The van der Waals surface area contributed by atoms with Gasteiger partial charge in [0.05, 0.1) is 0 Å². The largest absolute Gasteiger partial charge is 0.307 e. The molecule has 0 spiro atoms. The van der Waals surface area contributed by atoms with Gasteiger partial charge in [-0.15, -0.1) is 0 Å². The van der Waals surface area contributed by atoms with Crippen LogP contribution in [0.4, 0.5) is 0 Å². The number of nitrogens with one attached hydrogen (secondary N) is 1. The first-order chi connectivity index (χ1) is 8.87. The van der Waals surface area contributed by atoms with Crippen LogP contribution in [0, 0.1) is 11.3 Å². The van der Waals surface area contributed by atoms with Crippen LogP contribution >= 0.6 is 15.9 Å². The topological polar surface area (TPSA) is 12.0 Å². The van der Waals surface area contributed by atoms with Crippen LogP contribution in [0.5, 0.6) is 0 Å². The molecule has 1 N–H and O–H groups in total. The van der Waals surface area contributed by atoms with Gasteiger partial charge in [-0.25, -0.2) is 0 Å². The minimum atomic E-state index is 0.432. The SMILES string of the molecule is CC1CC(C)(C)CCC1N[C@H](C)c1ccc(Br)cc1. The summed E-state index contributed by atoms with van der Waals surface area (Å²) < 4.78 is 1.15. The summed E-state index contributed by atoms with van der Waals surface area (Å²) in [4.78, 5) is 0. The lowest BCUT2D eigenvalue weighted by Crippen LogP contribution is -2.42.